The number of nitrogens with one attached hydrogen (secondary N) is 1. The topological polar surface area (TPSA) is 95.4 Å². The number of aryl methyl sites for hydroxylation is 1. The first-order chi connectivity index (χ1) is 13.7. The Morgan fingerprint density at radius 2 is 1.83 bits per heavy atom. The maximum atomic E-state index is 12.7. The van der Waals surface area contributed by atoms with Crippen LogP contribution < -0.4 is 21.4 Å². The zero-order chi connectivity index (χ0) is 21.3. The molecule has 1 aromatic carbocycles. The highest BCUT2D eigenvalue weighted by molar-refractivity contribution is 5.99. The van der Waals surface area contributed by atoms with Crippen LogP contribution in [0.25, 0.3) is 11.2 Å². The first kappa shape index (κ1) is 20.1. The van der Waals surface area contributed by atoms with Gasteiger partial charge in [0.2, 0.25) is 5.95 Å². The second-order valence-corrected chi connectivity index (χ2v) is 6.89. The Bertz CT molecular complexity index is 1230. The number of fused-ring (bicyclic) bond motifs is 1. The van der Waals surface area contributed by atoms with Crippen molar-refractivity contribution < 1.29 is 4.74 Å². The number of hydrogen-bond donors (Lipinski definition) is 1. The molecule has 3 rings (SSSR count). The summed E-state index contributed by atoms with van der Waals surface area (Å²) in [6.45, 7) is 8.00. The van der Waals surface area contributed by atoms with Crippen LogP contribution in [0.1, 0.15) is 19.4 Å². The Morgan fingerprint density at radius 1 is 1.17 bits per heavy atom. The Balaban J connectivity index is 2.09. The van der Waals surface area contributed by atoms with Crippen LogP contribution in [-0.4, -0.2) is 31.5 Å². The highest BCUT2D eigenvalue weighted by atomic mass is 16.5. The predicted molar refractivity (Wildman–Crippen MR) is 114 cm³/mol. The van der Waals surface area contributed by atoms with E-state index in [1.165, 1.54) is 11.6 Å². The van der Waals surface area contributed by atoms with Crippen LogP contribution in [0.4, 0.5) is 5.95 Å². The average molecular weight is 396 g/mol. The summed E-state index contributed by atoms with van der Waals surface area (Å²) < 4.78 is 9.26. The summed E-state index contributed by atoms with van der Waals surface area (Å²) in [4.78, 5) is 29.4. The largest absolute Gasteiger partial charge is 0.497 e. The SMILES string of the molecule is C=C(C)Cn1c(N/N=C(/C)c2ccc(OC)cc2)nc2c1c(=O)n(C)c(=O)n2C. The number of nitrogens with zero attached hydrogens (tertiary/aromatic N) is 5. The van der Waals surface area contributed by atoms with Crippen LogP contribution in [0.3, 0.4) is 0 Å². The Morgan fingerprint density at radius 3 is 2.41 bits per heavy atom. The van der Waals surface area contributed by atoms with Gasteiger partial charge in [0.25, 0.3) is 5.56 Å². The number of ether oxygens (including phenoxy) is 1. The van der Waals surface area contributed by atoms with Gasteiger partial charge in [-0.3, -0.25) is 18.5 Å². The molecule has 0 atom stereocenters. The van der Waals surface area contributed by atoms with Gasteiger partial charge in [0.1, 0.15) is 5.75 Å². The lowest BCUT2D eigenvalue weighted by atomic mass is 10.1. The summed E-state index contributed by atoms with van der Waals surface area (Å²) in [5, 5.41) is 4.40. The molecule has 0 saturated heterocycles. The molecule has 0 saturated carbocycles. The van der Waals surface area contributed by atoms with E-state index in [-0.39, 0.29) is 0 Å². The molecule has 1 N–H and O–H groups in total. The maximum Gasteiger partial charge on any atom is 0.332 e. The molecule has 0 spiro atoms. The highest BCUT2D eigenvalue weighted by Crippen LogP contribution is 2.18. The van der Waals surface area contributed by atoms with Crippen LogP contribution in [-0.2, 0) is 20.6 Å². The van der Waals surface area contributed by atoms with Crippen molar-refractivity contribution >= 4 is 22.8 Å². The van der Waals surface area contributed by atoms with Crippen molar-refractivity contribution in [2.75, 3.05) is 12.5 Å². The molecule has 0 aliphatic rings. The summed E-state index contributed by atoms with van der Waals surface area (Å²) in [5.74, 6) is 1.11. The van der Waals surface area contributed by atoms with Gasteiger partial charge >= 0.3 is 5.69 Å². The fraction of sp³-hybridized carbons (Fsp3) is 0.300. The highest BCUT2D eigenvalue weighted by Gasteiger charge is 2.19. The monoisotopic (exact) mass is 396 g/mol. The molecule has 9 heteroatoms. The van der Waals surface area contributed by atoms with E-state index in [1.54, 1.807) is 18.7 Å². The van der Waals surface area contributed by atoms with Crippen LogP contribution in [0.2, 0.25) is 0 Å². The van der Waals surface area contributed by atoms with Gasteiger partial charge in [0.15, 0.2) is 11.2 Å². The molecule has 0 aliphatic carbocycles. The Kier molecular flexibility index (Phi) is 5.40. The fourth-order valence-electron chi connectivity index (χ4n) is 2.99. The molecule has 2 aromatic heterocycles. The lowest BCUT2D eigenvalue weighted by Gasteiger charge is -2.09. The molecule has 0 fully saturated rings. The number of anilines is 1. The van der Waals surface area contributed by atoms with Gasteiger partial charge in [-0.1, -0.05) is 12.2 Å². The fourth-order valence-corrected chi connectivity index (χ4v) is 2.99. The van der Waals surface area contributed by atoms with Gasteiger partial charge < -0.3 is 4.74 Å². The molecule has 0 amide bonds. The van der Waals surface area contributed by atoms with E-state index < -0.39 is 11.2 Å². The van der Waals surface area contributed by atoms with E-state index in [9.17, 15) is 9.59 Å². The van der Waals surface area contributed by atoms with Crippen LogP contribution >= 0.6 is 0 Å². The van der Waals surface area contributed by atoms with Crippen molar-refractivity contribution in [3.05, 3.63) is 62.8 Å². The minimum Gasteiger partial charge on any atom is -0.497 e. The summed E-state index contributed by atoms with van der Waals surface area (Å²) >= 11 is 0. The van der Waals surface area contributed by atoms with E-state index in [0.29, 0.717) is 23.7 Å². The Labute approximate surface area is 167 Å². The lowest BCUT2D eigenvalue weighted by Crippen LogP contribution is -2.37. The van der Waals surface area contributed by atoms with Crippen LogP contribution in [0, 0.1) is 0 Å². The zero-order valence-electron chi connectivity index (χ0n) is 17.2. The van der Waals surface area contributed by atoms with Crippen LogP contribution in [0.5, 0.6) is 5.75 Å². The number of hydrogen-bond acceptors (Lipinski definition) is 6. The second-order valence-electron chi connectivity index (χ2n) is 6.89. The normalized spacial score (nSPS) is 11.7. The first-order valence-electron chi connectivity index (χ1n) is 9.00. The predicted octanol–water partition coefficient (Wildman–Crippen LogP) is 1.85. The molecule has 2 heterocycles. The van der Waals surface area contributed by atoms with Crippen molar-refractivity contribution in [1.82, 2.24) is 18.7 Å². The van der Waals surface area contributed by atoms with Crippen molar-refractivity contribution in [3.8, 4) is 5.75 Å². The summed E-state index contributed by atoms with van der Waals surface area (Å²) in [6, 6.07) is 7.50. The van der Waals surface area contributed by atoms with E-state index >= 15 is 0 Å². The number of methoxy groups -OCH3 is 1. The third-order valence-electron chi connectivity index (χ3n) is 4.61. The lowest BCUT2D eigenvalue weighted by molar-refractivity contribution is 0.415. The molecule has 29 heavy (non-hydrogen) atoms. The maximum absolute atomic E-state index is 12.7. The Hall–Kier alpha value is -3.62. The molecule has 3 aromatic rings. The number of rotatable bonds is 6. The molecular weight excluding hydrogens is 372 g/mol. The summed E-state index contributed by atoms with van der Waals surface area (Å²) in [7, 11) is 4.64. The minimum atomic E-state index is -0.438. The minimum absolute atomic E-state index is 0.291. The summed E-state index contributed by atoms with van der Waals surface area (Å²) in [5.41, 5.74) is 5.15. The van der Waals surface area contributed by atoms with Crippen molar-refractivity contribution in [3.63, 3.8) is 0 Å². The number of hydrazone groups is 1. The van der Waals surface area contributed by atoms with Gasteiger partial charge in [-0.25, -0.2) is 10.2 Å². The average Bonchev–Trinajstić information content (AvgIpc) is 3.06. The molecule has 9 nitrogen and oxygen atoms in total. The smallest absolute Gasteiger partial charge is 0.332 e. The van der Waals surface area contributed by atoms with E-state index in [1.807, 2.05) is 38.1 Å². The molecule has 0 aliphatic heterocycles. The van der Waals surface area contributed by atoms with Gasteiger partial charge in [0.05, 0.1) is 12.8 Å². The van der Waals surface area contributed by atoms with E-state index in [0.717, 1.165) is 27.2 Å². The van der Waals surface area contributed by atoms with Gasteiger partial charge in [-0.2, -0.15) is 10.1 Å². The summed E-state index contributed by atoms with van der Waals surface area (Å²) in [6.07, 6.45) is 0. The molecule has 152 valence electrons. The van der Waals surface area contributed by atoms with Crippen molar-refractivity contribution in [2.24, 2.45) is 19.2 Å². The van der Waals surface area contributed by atoms with E-state index in [4.69, 9.17) is 4.74 Å². The number of imidazole rings is 1. The van der Waals surface area contributed by atoms with E-state index in [2.05, 4.69) is 22.1 Å². The molecule has 0 radical (unpaired) electrons. The van der Waals surface area contributed by atoms with Gasteiger partial charge in [0, 0.05) is 20.6 Å². The molecular formula is C20H24N6O3. The van der Waals surface area contributed by atoms with Crippen molar-refractivity contribution in [1.29, 1.82) is 0 Å². The van der Waals surface area contributed by atoms with Gasteiger partial charge in [-0.05, 0) is 43.7 Å². The number of allylic oxidation sites excluding steroid dienone is 1. The molecule has 0 bridgehead atoms. The zero-order valence-corrected chi connectivity index (χ0v) is 17.2. The number of aromatic nitrogens is 4. The van der Waals surface area contributed by atoms with Gasteiger partial charge in [-0.15, -0.1) is 0 Å². The third kappa shape index (κ3) is 3.71. The van der Waals surface area contributed by atoms with Crippen LogP contribution in [0.15, 0.2) is 51.1 Å². The van der Waals surface area contributed by atoms with Crippen molar-refractivity contribution in [2.45, 2.75) is 20.4 Å². The quantitative estimate of drug-likeness (QED) is 0.390. The second kappa shape index (κ2) is 7.78. The number of benzene rings is 1. The first-order valence-corrected chi connectivity index (χ1v) is 9.00. The third-order valence-corrected chi connectivity index (χ3v) is 4.61. The molecule has 0 unspecified atom stereocenters. The standard InChI is InChI=1S/C20H24N6O3/c1-12(2)11-26-16-17(24(4)20(28)25(5)18(16)27)21-19(26)23-22-13(3)14-7-9-15(29-6)10-8-14/h7-10H,1,11H2,2-6H3,(H,21,23)/b22-13-.